The van der Waals surface area contributed by atoms with Crippen molar-refractivity contribution in [3.63, 3.8) is 0 Å². The van der Waals surface area contributed by atoms with E-state index in [0.717, 1.165) is 40.4 Å². The van der Waals surface area contributed by atoms with Crippen molar-refractivity contribution in [2.45, 2.75) is 6.42 Å². The number of anilines is 1. The van der Waals surface area contributed by atoms with Crippen LogP contribution in [-0.2, 0) is 6.42 Å². The molecule has 0 saturated heterocycles. The smallest absolute Gasteiger partial charge is 0.119 e. The van der Waals surface area contributed by atoms with E-state index in [9.17, 15) is 0 Å². The number of nitrogens with zero attached hydrogens (tertiary/aromatic N) is 1. The van der Waals surface area contributed by atoms with E-state index in [1.54, 1.807) is 0 Å². The van der Waals surface area contributed by atoms with Crippen LogP contribution in [0, 0.1) is 0 Å². The lowest BCUT2D eigenvalue weighted by atomic mass is 10.1. The quantitative estimate of drug-likeness (QED) is 0.481. The number of nitrogens with one attached hydrogen (secondary N) is 1. The van der Waals surface area contributed by atoms with Gasteiger partial charge in [0.2, 0.25) is 0 Å². The molecule has 0 atom stereocenters. The molecule has 0 aliphatic rings. The molecule has 3 aromatic carbocycles. The maximum Gasteiger partial charge on any atom is 0.119 e. The fourth-order valence-electron chi connectivity index (χ4n) is 2.93. The van der Waals surface area contributed by atoms with Gasteiger partial charge in [-0.25, -0.2) is 0 Å². The van der Waals surface area contributed by atoms with Crippen LogP contribution in [0.25, 0.3) is 22.5 Å². The third-order valence-electron chi connectivity index (χ3n) is 4.45. The average molecular weight is 355 g/mol. The second-order valence-corrected chi connectivity index (χ2v) is 6.40. The number of hydrogen-bond donors (Lipinski definition) is 2. The molecule has 0 aliphatic carbocycles. The number of nitrogen functional groups attached to an aromatic ring is 1. The molecule has 0 aliphatic heterocycles. The Morgan fingerprint density at radius 3 is 2.26 bits per heavy atom. The lowest BCUT2D eigenvalue weighted by molar-refractivity contribution is 0.322. The lowest BCUT2D eigenvalue weighted by Gasteiger charge is -2.06. The third kappa shape index (κ3) is 4.18. The molecule has 0 amide bonds. The summed E-state index contributed by atoms with van der Waals surface area (Å²) < 4.78 is 5.85. The van der Waals surface area contributed by atoms with E-state index < -0.39 is 0 Å². The SMILES string of the molecule is Nc1ccc(-c2cc(-c3ccc(OCCc4ccccc4)cc3)n[nH]2)cc1. The highest BCUT2D eigenvalue weighted by Gasteiger charge is 2.06. The summed E-state index contributed by atoms with van der Waals surface area (Å²) in [5.41, 5.74) is 11.7. The highest BCUT2D eigenvalue weighted by atomic mass is 16.5. The lowest BCUT2D eigenvalue weighted by Crippen LogP contribution is -2.00. The first-order valence-corrected chi connectivity index (χ1v) is 8.96. The maximum atomic E-state index is 5.85. The van der Waals surface area contributed by atoms with E-state index in [2.05, 4.69) is 22.3 Å². The van der Waals surface area contributed by atoms with Gasteiger partial charge in [-0.3, -0.25) is 5.10 Å². The van der Waals surface area contributed by atoms with Crippen molar-refractivity contribution in [2.24, 2.45) is 0 Å². The van der Waals surface area contributed by atoms with E-state index in [4.69, 9.17) is 10.5 Å². The average Bonchev–Trinajstić information content (AvgIpc) is 3.20. The van der Waals surface area contributed by atoms with Gasteiger partial charge in [-0.05, 0) is 53.6 Å². The van der Waals surface area contributed by atoms with Crippen molar-refractivity contribution in [1.82, 2.24) is 10.2 Å². The Morgan fingerprint density at radius 1 is 0.815 bits per heavy atom. The number of hydrogen-bond acceptors (Lipinski definition) is 3. The molecule has 3 N–H and O–H groups in total. The molecule has 4 aromatic rings. The van der Waals surface area contributed by atoms with Gasteiger partial charge in [-0.15, -0.1) is 0 Å². The number of H-pyrrole nitrogens is 1. The van der Waals surface area contributed by atoms with Crippen molar-refractivity contribution >= 4 is 5.69 Å². The molecule has 4 rings (SSSR count). The molecule has 27 heavy (non-hydrogen) atoms. The van der Waals surface area contributed by atoms with Crippen LogP contribution in [0.4, 0.5) is 5.69 Å². The van der Waals surface area contributed by atoms with Gasteiger partial charge < -0.3 is 10.5 Å². The van der Waals surface area contributed by atoms with Gasteiger partial charge in [0.25, 0.3) is 0 Å². The summed E-state index contributed by atoms with van der Waals surface area (Å²) in [7, 11) is 0. The van der Waals surface area contributed by atoms with Crippen LogP contribution in [0.1, 0.15) is 5.56 Å². The van der Waals surface area contributed by atoms with Crippen LogP contribution in [-0.4, -0.2) is 16.8 Å². The fourth-order valence-corrected chi connectivity index (χ4v) is 2.93. The predicted molar refractivity (Wildman–Crippen MR) is 110 cm³/mol. The molecule has 0 bridgehead atoms. The van der Waals surface area contributed by atoms with E-state index in [-0.39, 0.29) is 0 Å². The largest absolute Gasteiger partial charge is 0.493 e. The topological polar surface area (TPSA) is 63.9 Å². The molecule has 0 radical (unpaired) electrons. The molecule has 1 aromatic heterocycles. The zero-order chi connectivity index (χ0) is 18.5. The van der Waals surface area contributed by atoms with E-state index in [1.165, 1.54) is 5.56 Å². The summed E-state index contributed by atoms with van der Waals surface area (Å²) in [6, 6.07) is 28.1. The summed E-state index contributed by atoms with van der Waals surface area (Å²) in [5, 5.41) is 7.50. The zero-order valence-corrected chi connectivity index (χ0v) is 14.9. The number of nitrogens with two attached hydrogens (primary N) is 1. The van der Waals surface area contributed by atoms with Gasteiger partial charge in [0.15, 0.2) is 0 Å². The molecule has 1 heterocycles. The van der Waals surface area contributed by atoms with E-state index in [0.29, 0.717) is 6.61 Å². The fraction of sp³-hybridized carbons (Fsp3) is 0.0870. The van der Waals surface area contributed by atoms with Crippen LogP contribution in [0.5, 0.6) is 5.75 Å². The van der Waals surface area contributed by atoms with Crippen molar-refractivity contribution in [2.75, 3.05) is 12.3 Å². The van der Waals surface area contributed by atoms with Crippen molar-refractivity contribution < 1.29 is 4.74 Å². The molecule has 0 saturated carbocycles. The van der Waals surface area contributed by atoms with Crippen LogP contribution < -0.4 is 10.5 Å². The van der Waals surface area contributed by atoms with Crippen LogP contribution in [0.2, 0.25) is 0 Å². The monoisotopic (exact) mass is 355 g/mol. The summed E-state index contributed by atoms with van der Waals surface area (Å²) in [5.74, 6) is 0.865. The minimum Gasteiger partial charge on any atom is -0.493 e. The number of rotatable bonds is 6. The Kier molecular flexibility index (Phi) is 4.88. The minimum atomic E-state index is 0.660. The van der Waals surface area contributed by atoms with Gasteiger partial charge in [0.1, 0.15) is 5.75 Å². The first-order valence-electron chi connectivity index (χ1n) is 8.96. The van der Waals surface area contributed by atoms with E-state index in [1.807, 2.05) is 72.8 Å². The predicted octanol–water partition coefficient (Wildman–Crippen LogP) is 4.95. The number of ether oxygens (including phenoxy) is 1. The number of aromatic nitrogens is 2. The maximum absolute atomic E-state index is 5.85. The molecule has 134 valence electrons. The molecule has 0 unspecified atom stereocenters. The standard InChI is InChI=1S/C23H21N3O/c24-20-10-6-18(7-11-20)22-16-23(26-25-22)19-8-12-21(13-9-19)27-15-14-17-4-2-1-3-5-17/h1-13,16H,14-15,24H2,(H,25,26). The molecule has 4 nitrogen and oxygen atoms in total. The highest BCUT2D eigenvalue weighted by molar-refractivity contribution is 5.69. The molecular formula is C23H21N3O. The van der Waals surface area contributed by atoms with Crippen LogP contribution >= 0.6 is 0 Å². The van der Waals surface area contributed by atoms with Gasteiger partial charge in [0, 0.05) is 17.7 Å². The van der Waals surface area contributed by atoms with Crippen molar-refractivity contribution in [3.8, 4) is 28.3 Å². The Balaban J connectivity index is 1.39. The van der Waals surface area contributed by atoms with Crippen molar-refractivity contribution in [1.29, 1.82) is 0 Å². The number of aromatic amines is 1. The summed E-state index contributed by atoms with van der Waals surface area (Å²) in [6.07, 6.45) is 0.896. The Morgan fingerprint density at radius 2 is 1.52 bits per heavy atom. The summed E-state index contributed by atoms with van der Waals surface area (Å²) in [6.45, 7) is 0.660. The second-order valence-electron chi connectivity index (χ2n) is 6.40. The minimum absolute atomic E-state index is 0.660. The Hall–Kier alpha value is -3.53. The van der Waals surface area contributed by atoms with Crippen molar-refractivity contribution in [3.05, 3.63) is 90.5 Å². The third-order valence-corrected chi connectivity index (χ3v) is 4.45. The first kappa shape index (κ1) is 16.9. The Labute approximate surface area is 158 Å². The van der Waals surface area contributed by atoms with Crippen LogP contribution in [0.15, 0.2) is 84.9 Å². The molecule has 0 fully saturated rings. The second kappa shape index (κ2) is 7.79. The normalized spacial score (nSPS) is 10.7. The van der Waals surface area contributed by atoms with Gasteiger partial charge >= 0.3 is 0 Å². The highest BCUT2D eigenvalue weighted by Crippen LogP contribution is 2.26. The first-order chi connectivity index (χ1) is 13.3. The molecular weight excluding hydrogens is 334 g/mol. The van der Waals surface area contributed by atoms with Gasteiger partial charge in [-0.1, -0.05) is 42.5 Å². The van der Waals surface area contributed by atoms with Gasteiger partial charge in [-0.2, -0.15) is 5.10 Å². The summed E-state index contributed by atoms with van der Waals surface area (Å²) >= 11 is 0. The number of benzene rings is 3. The van der Waals surface area contributed by atoms with E-state index >= 15 is 0 Å². The zero-order valence-electron chi connectivity index (χ0n) is 14.9. The van der Waals surface area contributed by atoms with Gasteiger partial charge in [0.05, 0.1) is 18.0 Å². The van der Waals surface area contributed by atoms with Crippen LogP contribution in [0.3, 0.4) is 0 Å². The Bertz CT molecular complexity index is 990. The molecule has 4 heteroatoms. The molecule has 0 spiro atoms. The summed E-state index contributed by atoms with van der Waals surface area (Å²) in [4.78, 5) is 0.